The van der Waals surface area contributed by atoms with Crippen LogP contribution in [0.15, 0.2) is 30.3 Å². The molecule has 1 atom stereocenters. The molecule has 19 heavy (non-hydrogen) atoms. The Bertz CT molecular complexity index is 410. The largest absolute Gasteiger partial charge is 0.380 e. The van der Waals surface area contributed by atoms with Gasteiger partial charge in [0.2, 0.25) is 0 Å². The van der Waals surface area contributed by atoms with Crippen molar-refractivity contribution in [2.24, 2.45) is 0 Å². The van der Waals surface area contributed by atoms with Gasteiger partial charge in [-0.15, -0.1) is 0 Å². The van der Waals surface area contributed by atoms with Crippen molar-refractivity contribution < 1.29 is 9.90 Å². The van der Waals surface area contributed by atoms with E-state index in [1.54, 1.807) is 0 Å². The van der Waals surface area contributed by atoms with Gasteiger partial charge in [-0.2, -0.15) is 0 Å². The van der Waals surface area contributed by atoms with Gasteiger partial charge in [0.1, 0.15) is 5.60 Å². The molecule has 0 saturated heterocycles. The summed E-state index contributed by atoms with van der Waals surface area (Å²) in [5.41, 5.74) is 0.123. The van der Waals surface area contributed by atoms with Crippen molar-refractivity contribution in [1.29, 1.82) is 0 Å². The second-order valence-electron chi connectivity index (χ2n) is 5.46. The van der Waals surface area contributed by atoms with Gasteiger partial charge < -0.3 is 10.4 Å². The van der Waals surface area contributed by atoms with E-state index in [9.17, 15) is 9.90 Å². The summed E-state index contributed by atoms with van der Waals surface area (Å²) in [6.07, 6.45) is 4.06. The molecule has 2 N–H and O–H groups in total. The number of carbonyl (C=O) groups is 1. The van der Waals surface area contributed by atoms with Gasteiger partial charge in [0.05, 0.1) is 0 Å². The number of hydrogen-bond acceptors (Lipinski definition) is 2. The molecule has 1 saturated carbocycles. The zero-order chi connectivity index (χ0) is 13.7. The average Bonchev–Trinajstić information content (AvgIpc) is 2.89. The van der Waals surface area contributed by atoms with E-state index in [1.165, 1.54) is 5.56 Å². The van der Waals surface area contributed by atoms with Gasteiger partial charge in [0, 0.05) is 12.5 Å². The second kappa shape index (κ2) is 6.20. The third-order valence-corrected chi connectivity index (χ3v) is 4.13. The molecule has 1 aliphatic rings. The molecule has 3 heteroatoms. The van der Waals surface area contributed by atoms with Gasteiger partial charge in [0.15, 0.2) is 0 Å². The van der Waals surface area contributed by atoms with Gasteiger partial charge in [0.25, 0.3) is 5.91 Å². The molecule has 1 fully saturated rings. The molecule has 2 rings (SSSR count). The topological polar surface area (TPSA) is 49.3 Å². The van der Waals surface area contributed by atoms with Gasteiger partial charge in [-0.1, -0.05) is 37.3 Å². The highest BCUT2D eigenvalue weighted by Crippen LogP contribution is 2.29. The van der Waals surface area contributed by atoms with Crippen LogP contribution in [0.1, 0.15) is 50.5 Å². The second-order valence-corrected chi connectivity index (χ2v) is 5.46. The number of carbonyl (C=O) groups excluding carboxylic acids is 1. The van der Waals surface area contributed by atoms with E-state index >= 15 is 0 Å². The first-order valence-corrected chi connectivity index (χ1v) is 7.21. The van der Waals surface area contributed by atoms with Crippen LogP contribution in [0, 0.1) is 0 Å². The molecule has 0 radical (unpaired) electrons. The molecule has 1 aromatic carbocycles. The van der Waals surface area contributed by atoms with Crippen molar-refractivity contribution in [3.8, 4) is 0 Å². The first-order valence-electron chi connectivity index (χ1n) is 7.21. The molecular weight excluding hydrogens is 238 g/mol. The first-order chi connectivity index (χ1) is 9.15. The number of benzene rings is 1. The van der Waals surface area contributed by atoms with Gasteiger partial charge in [-0.3, -0.25) is 4.79 Å². The summed E-state index contributed by atoms with van der Waals surface area (Å²) in [6, 6.07) is 10.2. The Labute approximate surface area is 115 Å². The van der Waals surface area contributed by atoms with E-state index in [-0.39, 0.29) is 5.91 Å². The van der Waals surface area contributed by atoms with Crippen molar-refractivity contribution in [3.05, 3.63) is 35.9 Å². The molecular formula is C16H23NO2. The summed E-state index contributed by atoms with van der Waals surface area (Å²) in [5.74, 6) is 0.120. The SMILES string of the molecule is CCC(CNC(=O)C1(O)CCCC1)c1ccccc1. The lowest BCUT2D eigenvalue weighted by molar-refractivity contribution is -0.139. The summed E-state index contributed by atoms with van der Waals surface area (Å²) in [4.78, 5) is 12.1. The fourth-order valence-corrected chi connectivity index (χ4v) is 2.79. The minimum absolute atomic E-state index is 0.195. The number of aliphatic hydroxyl groups is 1. The van der Waals surface area contributed by atoms with E-state index in [2.05, 4.69) is 24.4 Å². The molecule has 0 spiro atoms. The lowest BCUT2D eigenvalue weighted by Crippen LogP contribution is -2.45. The van der Waals surface area contributed by atoms with Crippen LogP contribution in [0.5, 0.6) is 0 Å². The summed E-state index contributed by atoms with van der Waals surface area (Å²) in [6.45, 7) is 2.72. The van der Waals surface area contributed by atoms with Crippen LogP contribution in [0.4, 0.5) is 0 Å². The fraction of sp³-hybridized carbons (Fsp3) is 0.562. The van der Waals surface area contributed by atoms with E-state index in [4.69, 9.17) is 0 Å². The third-order valence-electron chi connectivity index (χ3n) is 4.13. The van der Waals surface area contributed by atoms with Crippen molar-refractivity contribution in [2.45, 2.75) is 50.5 Å². The Morgan fingerprint density at radius 2 is 1.95 bits per heavy atom. The fourth-order valence-electron chi connectivity index (χ4n) is 2.79. The zero-order valence-corrected chi connectivity index (χ0v) is 11.6. The molecule has 0 aromatic heterocycles. The van der Waals surface area contributed by atoms with Gasteiger partial charge in [-0.25, -0.2) is 0 Å². The van der Waals surface area contributed by atoms with Crippen LogP contribution in [-0.4, -0.2) is 23.2 Å². The maximum Gasteiger partial charge on any atom is 0.251 e. The maximum absolute atomic E-state index is 12.1. The van der Waals surface area contributed by atoms with Crippen molar-refractivity contribution >= 4 is 5.91 Å². The van der Waals surface area contributed by atoms with Crippen molar-refractivity contribution in [3.63, 3.8) is 0 Å². The first kappa shape index (κ1) is 14.1. The van der Waals surface area contributed by atoms with Crippen LogP contribution < -0.4 is 5.32 Å². The molecule has 1 amide bonds. The molecule has 0 bridgehead atoms. The Morgan fingerprint density at radius 1 is 1.32 bits per heavy atom. The van der Waals surface area contributed by atoms with Gasteiger partial charge in [-0.05, 0) is 37.7 Å². The highest BCUT2D eigenvalue weighted by Gasteiger charge is 2.38. The molecule has 1 aromatic rings. The lowest BCUT2D eigenvalue weighted by atomic mass is 9.95. The monoisotopic (exact) mass is 261 g/mol. The standard InChI is InChI=1S/C16H23NO2/c1-2-13(14-8-4-3-5-9-14)12-17-15(18)16(19)10-6-7-11-16/h3-5,8-9,13,19H,2,6-7,10-12H2,1H3,(H,17,18). The van der Waals surface area contributed by atoms with Crippen LogP contribution in [-0.2, 0) is 4.79 Å². The summed E-state index contributed by atoms with van der Waals surface area (Å²) in [5, 5.41) is 13.1. The highest BCUT2D eigenvalue weighted by atomic mass is 16.3. The molecule has 0 aliphatic heterocycles. The number of hydrogen-bond donors (Lipinski definition) is 2. The quantitative estimate of drug-likeness (QED) is 0.856. The van der Waals surface area contributed by atoms with Crippen LogP contribution in [0.25, 0.3) is 0 Å². The molecule has 3 nitrogen and oxygen atoms in total. The van der Waals surface area contributed by atoms with Crippen LogP contribution in [0.2, 0.25) is 0 Å². The minimum atomic E-state index is -1.12. The van der Waals surface area contributed by atoms with Crippen molar-refractivity contribution in [1.82, 2.24) is 5.32 Å². The summed E-state index contributed by atoms with van der Waals surface area (Å²) < 4.78 is 0. The highest BCUT2D eigenvalue weighted by molar-refractivity contribution is 5.85. The zero-order valence-electron chi connectivity index (χ0n) is 11.6. The maximum atomic E-state index is 12.1. The predicted octanol–water partition coefficient (Wildman–Crippen LogP) is 2.60. The number of amides is 1. The van der Waals surface area contributed by atoms with E-state index in [0.717, 1.165) is 19.3 Å². The minimum Gasteiger partial charge on any atom is -0.380 e. The Kier molecular flexibility index (Phi) is 4.59. The average molecular weight is 261 g/mol. The Balaban J connectivity index is 1.92. The summed E-state index contributed by atoms with van der Waals surface area (Å²) in [7, 11) is 0. The number of nitrogens with one attached hydrogen (secondary N) is 1. The molecule has 0 heterocycles. The molecule has 104 valence electrons. The number of rotatable bonds is 5. The summed E-state index contributed by atoms with van der Waals surface area (Å²) >= 11 is 0. The van der Waals surface area contributed by atoms with E-state index in [1.807, 2.05) is 18.2 Å². The van der Waals surface area contributed by atoms with E-state index < -0.39 is 5.60 Å². The predicted molar refractivity (Wildman–Crippen MR) is 75.9 cm³/mol. The van der Waals surface area contributed by atoms with Crippen LogP contribution in [0.3, 0.4) is 0 Å². The normalized spacial score (nSPS) is 19.1. The van der Waals surface area contributed by atoms with Gasteiger partial charge >= 0.3 is 0 Å². The third kappa shape index (κ3) is 3.35. The Morgan fingerprint density at radius 3 is 2.53 bits per heavy atom. The van der Waals surface area contributed by atoms with Crippen molar-refractivity contribution in [2.75, 3.05) is 6.54 Å². The Hall–Kier alpha value is -1.35. The molecule has 1 aliphatic carbocycles. The molecule has 1 unspecified atom stereocenters. The van der Waals surface area contributed by atoms with E-state index in [0.29, 0.717) is 25.3 Å². The smallest absolute Gasteiger partial charge is 0.251 e. The van der Waals surface area contributed by atoms with Crippen LogP contribution >= 0.6 is 0 Å². The lowest BCUT2D eigenvalue weighted by Gasteiger charge is -2.23.